The molecule has 1 heterocycles. The summed E-state index contributed by atoms with van der Waals surface area (Å²) in [5, 5.41) is 12.3. The van der Waals surface area contributed by atoms with Crippen LogP contribution in [0.4, 0.5) is 0 Å². The Morgan fingerprint density at radius 1 is 1.64 bits per heavy atom. The van der Waals surface area contributed by atoms with Crippen LogP contribution < -0.4 is 0 Å². The third-order valence-electron chi connectivity index (χ3n) is 2.77. The van der Waals surface area contributed by atoms with Crippen molar-refractivity contribution in [2.24, 2.45) is 0 Å². The molecule has 5 nitrogen and oxygen atoms in total. The molecule has 1 fully saturated rings. The molecule has 76 valence electrons. The minimum Gasteiger partial charge on any atom is -0.481 e. The zero-order valence-corrected chi connectivity index (χ0v) is 7.99. The van der Waals surface area contributed by atoms with Gasteiger partial charge >= 0.3 is 5.97 Å². The zero-order chi connectivity index (χ0) is 10.2. The van der Waals surface area contributed by atoms with Gasteiger partial charge in [-0.15, -0.1) is 0 Å². The van der Waals surface area contributed by atoms with Crippen molar-refractivity contribution < 1.29 is 14.4 Å². The predicted molar refractivity (Wildman–Crippen MR) is 46.8 cm³/mol. The lowest BCUT2D eigenvalue weighted by Crippen LogP contribution is -2.31. The number of carbonyl (C=O) groups is 1. The molecular weight excluding hydrogens is 184 g/mol. The fourth-order valence-corrected chi connectivity index (χ4v) is 1.63. The number of nitrogens with zero attached hydrogens (tertiary/aromatic N) is 2. The van der Waals surface area contributed by atoms with E-state index in [0.29, 0.717) is 5.82 Å². The highest BCUT2D eigenvalue weighted by Gasteiger charge is 2.38. The lowest BCUT2D eigenvalue weighted by molar-refractivity contribution is -0.136. The highest BCUT2D eigenvalue weighted by molar-refractivity contribution is 5.68. The second kappa shape index (κ2) is 3.08. The van der Waals surface area contributed by atoms with Gasteiger partial charge in [-0.25, -0.2) is 0 Å². The van der Waals surface area contributed by atoms with Crippen LogP contribution in [-0.4, -0.2) is 21.2 Å². The van der Waals surface area contributed by atoms with E-state index in [9.17, 15) is 4.79 Å². The van der Waals surface area contributed by atoms with Crippen molar-refractivity contribution in [3.8, 4) is 0 Å². The molecule has 0 bridgehead atoms. The van der Waals surface area contributed by atoms with Crippen molar-refractivity contribution >= 4 is 5.97 Å². The van der Waals surface area contributed by atoms with E-state index in [1.54, 1.807) is 0 Å². The highest BCUT2D eigenvalue weighted by Crippen LogP contribution is 2.41. The summed E-state index contributed by atoms with van der Waals surface area (Å²) < 4.78 is 4.86. The van der Waals surface area contributed by atoms with Crippen LogP contribution in [0.15, 0.2) is 4.52 Å². The maximum atomic E-state index is 10.4. The molecular formula is C9H12N2O3. The molecule has 1 aromatic rings. The van der Waals surface area contributed by atoms with E-state index < -0.39 is 5.97 Å². The van der Waals surface area contributed by atoms with Crippen LogP contribution >= 0.6 is 0 Å². The van der Waals surface area contributed by atoms with Crippen LogP contribution in [0.5, 0.6) is 0 Å². The fraction of sp³-hybridized carbons (Fsp3) is 0.667. The molecule has 0 unspecified atom stereocenters. The third kappa shape index (κ3) is 1.49. The van der Waals surface area contributed by atoms with Crippen LogP contribution in [0.1, 0.15) is 37.9 Å². The van der Waals surface area contributed by atoms with Crippen molar-refractivity contribution in [3.63, 3.8) is 0 Å². The average molecular weight is 196 g/mol. The van der Waals surface area contributed by atoms with Crippen molar-refractivity contribution in [1.29, 1.82) is 0 Å². The van der Waals surface area contributed by atoms with Crippen LogP contribution in [0.25, 0.3) is 0 Å². The van der Waals surface area contributed by atoms with Gasteiger partial charge in [0.05, 0.1) is 0 Å². The summed E-state index contributed by atoms with van der Waals surface area (Å²) in [4.78, 5) is 14.5. The van der Waals surface area contributed by atoms with E-state index in [0.717, 1.165) is 12.8 Å². The van der Waals surface area contributed by atoms with Crippen LogP contribution in [0, 0.1) is 0 Å². The van der Waals surface area contributed by atoms with Gasteiger partial charge in [0.25, 0.3) is 0 Å². The van der Waals surface area contributed by atoms with Crippen LogP contribution in [0.2, 0.25) is 0 Å². The molecule has 0 radical (unpaired) electrons. The van der Waals surface area contributed by atoms with Gasteiger partial charge in [0.1, 0.15) is 6.42 Å². The number of carboxylic acids is 1. The van der Waals surface area contributed by atoms with Crippen molar-refractivity contribution in [2.45, 2.75) is 38.0 Å². The molecule has 1 saturated carbocycles. The molecule has 5 heteroatoms. The van der Waals surface area contributed by atoms with Crippen LogP contribution in [-0.2, 0) is 16.6 Å². The number of carboxylic acid groups (broad SMARTS) is 1. The third-order valence-corrected chi connectivity index (χ3v) is 2.77. The van der Waals surface area contributed by atoms with Gasteiger partial charge in [-0.2, -0.15) is 4.98 Å². The first-order valence-corrected chi connectivity index (χ1v) is 4.65. The smallest absolute Gasteiger partial charge is 0.312 e. The van der Waals surface area contributed by atoms with E-state index in [-0.39, 0.29) is 17.7 Å². The van der Waals surface area contributed by atoms with Gasteiger partial charge in [-0.05, 0) is 12.8 Å². The molecule has 1 aromatic heterocycles. The first-order valence-electron chi connectivity index (χ1n) is 4.65. The molecule has 0 saturated heterocycles. The minimum atomic E-state index is -0.945. The van der Waals surface area contributed by atoms with E-state index in [1.165, 1.54) is 6.42 Å². The quantitative estimate of drug-likeness (QED) is 0.784. The lowest BCUT2D eigenvalue weighted by atomic mass is 9.70. The number of hydrogen-bond donors (Lipinski definition) is 1. The van der Waals surface area contributed by atoms with E-state index in [2.05, 4.69) is 17.1 Å². The molecule has 0 atom stereocenters. The monoisotopic (exact) mass is 196 g/mol. The normalized spacial score (nSPS) is 18.9. The van der Waals surface area contributed by atoms with Gasteiger partial charge in [0, 0.05) is 5.41 Å². The Hall–Kier alpha value is -1.39. The van der Waals surface area contributed by atoms with Crippen molar-refractivity contribution in [1.82, 2.24) is 10.1 Å². The predicted octanol–water partition coefficient (Wildman–Crippen LogP) is 1.14. The molecule has 2 rings (SSSR count). The van der Waals surface area contributed by atoms with Gasteiger partial charge in [-0.3, -0.25) is 4.79 Å². The van der Waals surface area contributed by atoms with E-state index >= 15 is 0 Å². The summed E-state index contributed by atoms with van der Waals surface area (Å²) in [7, 11) is 0. The van der Waals surface area contributed by atoms with Crippen LogP contribution in [0.3, 0.4) is 0 Å². The molecule has 0 spiro atoms. The van der Waals surface area contributed by atoms with Gasteiger partial charge in [0.2, 0.25) is 5.89 Å². The fourth-order valence-electron chi connectivity index (χ4n) is 1.63. The summed E-state index contributed by atoms with van der Waals surface area (Å²) >= 11 is 0. The second-order valence-electron chi connectivity index (χ2n) is 4.00. The lowest BCUT2D eigenvalue weighted by Gasteiger charge is -2.34. The highest BCUT2D eigenvalue weighted by atomic mass is 16.5. The summed E-state index contributed by atoms with van der Waals surface area (Å²) in [5.41, 5.74) is 0.0141. The molecule has 1 aliphatic rings. The first kappa shape index (κ1) is 9.18. The molecule has 0 aliphatic heterocycles. The Morgan fingerprint density at radius 2 is 2.36 bits per heavy atom. The van der Waals surface area contributed by atoms with Crippen molar-refractivity contribution in [3.05, 3.63) is 11.7 Å². The average Bonchev–Trinajstić information content (AvgIpc) is 2.47. The maximum absolute atomic E-state index is 10.4. The Kier molecular flexibility index (Phi) is 2.02. The summed E-state index contributed by atoms with van der Waals surface area (Å²) in [5.74, 6) is -0.0976. The Bertz CT molecular complexity index is 355. The molecule has 1 N–H and O–H groups in total. The topological polar surface area (TPSA) is 76.2 Å². The molecule has 0 amide bonds. The standard InChI is InChI=1S/C9H12N2O3/c1-9(3-2-4-9)8-10-6(14-11-8)5-7(12)13/h2-5H2,1H3,(H,12,13). The number of aromatic nitrogens is 2. The van der Waals surface area contributed by atoms with Gasteiger partial charge < -0.3 is 9.63 Å². The van der Waals surface area contributed by atoms with Gasteiger partial charge in [-0.1, -0.05) is 18.5 Å². The van der Waals surface area contributed by atoms with E-state index in [4.69, 9.17) is 9.63 Å². The number of hydrogen-bond acceptors (Lipinski definition) is 4. The first-order chi connectivity index (χ1) is 6.60. The van der Waals surface area contributed by atoms with E-state index in [1.807, 2.05) is 0 Å². The second-order valence-corrected chi connectivity index (χ2v) is 4.00. The Labute approximate surface area is 81.1 Å². The summed E-state index contributed by atoms with van der Waals surface area (Å²) in [6.07, 6.45) is 3.10. The largest absolute Gasteiger partial charge is 0.481 e. The minimum absolute atomic E-state index is 0.0141. The molecule has 0 aromatic carbocycles. The molecule has 1 aliphatic carbocycles. The number of aliphatic carboxylic acids is 1. The molecule has 14 heavy (non-hydrogen) atoms. The van der Waals surface area contributed by atoms with Crippen molar-refractivity contribution in [2.75, 3.05) is 0 Å². The summed E-state index contributed by atoms with van der Waals surface area (Å²) in [6.45, 7) is 2.08. The Balaban J connectivity index is 2.13. The van der Waals surface area contributed by atoms with Gasteiger partial charge in [0.15, 0.2) is 5.82 Å². The number of rotatable bonds is 3. The Morgan fingerprint density at radius 3 is 2.86 bits per heavy atom. The zero-order valence-electron chi connectivity index (χ0n) is 7.99. The summed E-state index contributed by atoms with van der Waals surface area (Å²) in [6, 6.07) is 0. The SMILES string of the molecule is CC1(c2noc(CC(=O)O)n2)CCC1. The maximum Gasteiger partial charge on any atom is 0.312 e.